The van der Waals surface area contributed by atoms with Gasteiger partial charge in [-0.05, 0) is 35.7 Å². The molecule has 0 saturated carbocycles. The number of carbonyl (C=O) groups is 1. The topological polar surface area (TPSA) is 41.6 Å². The minimum Gasteiger partial charge on any atom is -0.377 e. The Labute approximate surface area is 142 Å². The monoisotopic (exact) mass is 330 g/mol. The lowest BCUT2D eigenvalue weighted by Crippen LogP contribution is -2.36. The fourth-order valence-corrected chi connectivity index (χ4v) is 2.27. The van der Waals surface area contributed by atoms with Crippen LogP contribution in [0.3, 0.4) is 0 Å². The van der Waals surface area contributed by atoms with E-state index in [0.717, 1.165) is 16.7 Å². The second-order valence-electron chi connectivity index (χ2n) is 5.60. The summed E-state index contributed by atoms with van der Waals surface area (Å²) in [7, 11) is 1.69. The van der Waals surface area contributed by atoms with Crippen molar-refractivity contribution in [2.75, 3.05) is 13.7 Å². The van der Waals surface area contributed by atoms with Crippen molar-refractivity contribution < 1.29 is 13.9 Å². The summed E-state index contributed by atoms with van der Waals surface area (Å²) in [6.45, 7) is 4.05. The molecule has 4 nitrogen and oxygen atoms in total. The first-order chi connectivity index (χ1) is 11.6. The normalized spacial score (nSPS) is 10.5. The quantitative estimate of drug-likeness (QED) is 0.841. The Morgan fingerprint density at radius 1 is 1.12 bits per heavy atom. The van der Waals surface area contributed by atoms with E-state index in [1.807, 2.05) is 31.2 Å². The molecule has 1 N–H and O–H groups in total. The number of hydrogen-bond donors (Lipinski definition) is 1. The largest absolute Gasteiger partial charge is 0.377 e. The molecule has 128 valence electrons. The molecule has 0 fully saturated rings. The molecule has 0 unspecified atom stereocenters. The average molecular weight is 330 g/mol. The fraction of sp³-hybridized carbons (Fsp3) is 0.316. The summed E-state index contributed by atoms with van der Waals surface area (Å²) in [6.07, 6.45) is 0. The van der Waals surface area contributed by atoms with Gasteiger partial charge in [-0.15, -0.1) is 0 Å². The first kappa shape index (κ1) is 17.9. The van der Waals surface area contributed by atoms with Crippen molar-refractivity contribution in [3.05, 3.63) is 71.0 Å². The molecule has 0 heterocycles. The molecule has 0 spiro atoms. The second-order valence-corrected chi connectivity index (χ2v) is 5.60. The van der Waals surface area contributed by atoms with E-state index in [-0.39, 0.29) is 11.8 Å². The van der Waals surface area contributed by atoms with Crippen LogP contribution in [0, 0.1) is 5.82 Å². The maximum Gasteiger partial charge on any atom is 0.317 e. The van der Waals surface area contributed by atoms with E-state index in [1.165, 1.54) is 17.0 Å². The van der Waals surface area contributed by atoms with E-state index >= 15 is 0 Å². The standard InChI is InChI=1S/C19H23FN2O2/c1-3-24-14-16-9-7-15(8-10-16)12-21-19(23)22(2)13-17-5-4-6-18(20)11-17/h4-11H,3,12-14H2,1-2H3,(H,21,23). The van der Waals surface area contributed by atoms with Crippen LogP contribution >= 0.6 is 0 Å². The van der Waals surface area contributed by atoms with Crippen molar-refractivity contribution in [3.8, 4) is 0 Å². The molecule has 0 atom stereocenters. The summed E-state index contributed by atoms with van der Waals surface area (Å²) in [5, 5.41) is 2.86. The predicted octanol–water partition coefficient (Wildman–Crippen LogP) is 3.70. The summed E-state index contributed by atoms with van der Waals surface area (Å²) >= 11 is 0. The molecule has 24 heavy (non-hydrogen) atoms. The number of hydrogen-bond acceptors (Lipinski definition) is 2. The third-order valence-electron chi connectivity index (χ3n) is 3.60. The van der Waals surface area contributed by atoms with Crippen molar-refractivity contribution in [2.45, 2.75) is 26.6 Å². The van der Waals surface area contributed by atoms with Crippen LogP contribution in [0.25, 0.3) is 0 Å². The van der Waals surface area contributed by atoms with Crippen molar-refractivity contribution in [2.24, 2.45) is 0 Å². The summed E-state index contributed by atoms with van der Waals surface area (Å²) in [4.78, 5) is 13.6. The minimum absolute atomic E-state index is 0.197. The Morgan fingerprint density at radius 3 is 2.50 bits per heavy atom. The maximum absolute atomic E-state index is 13.2. The van der Waals surface area contributed by atoms with E-state index in [0.29, 0.717) is 26.3 Å². The number of rotatable bonds is 7. The van der Waals surface area contributed by atoms with Crippen LogP contribution in [-0.4, -0.2) is 24.6 Å². The van der Waals surface area contributed by atoms with Gasteiger partial charge in [0.1, 0.15) is 5.82 Å². The van der Waals surface area contributed by atoms with Crippen molar-refractivity contribution in [1.29, 1.82) is 0 Å². The minimum atomic E-state index is -0.298. The number of urea groups is 1. The van der Waals surface area contributed by atoms with Gasteiger partial charge in [0.05, 0.1) is 6.61 Å². The number of amides is 2. The van der Waals surface area contributed by atoms with Crippen molar-refractivity contribution in [1.82, 2.24) is 10.2 Å². The zero-order valence-corrected chi connectivity index (χ0v) is 14.1. The molecule has 0 saturated heterocycles. The molecule has 0 aliphatic heterocycles. The Kier molecular flexibility index (Phi) is 6.75. The Hall–Kier alpha value is -2.40. The van der Waals surface area contributed by atoms with Gasteiger partial charge in [-0.3, -0.25) is 0 Å². The van der Waals surface area contributed by atoms with Gasteiger partial charge in [-0.25, -0.2) is 9.18 Å². The number of nitrogens with zero attached hydrogens (tertiary/aromatic N) is 1. The number of halogens is 1. The van der Waals surface area contributed by atoms with Crippen molar-refractivity contribution in [3.63, 3.8) is 0 Å². The molecule has 2 rings (SSSR count). The highest BCUT2D eigenvalue weighted by Gasteiger charge is 2.09. The first-order valence-electron chi connectivity index (χ1n) is 7.97. The SMILES string of the molecule is CCOCc1ccc(CNC(=O)N(C)Cc2cccc(F)c2)cc1. The van der Waals surface area contributed by atoms with Gasteiger partial charge >= 0.3 is 6.03 Å². The number of carbonyl (C=O) groups excluding carboxylic acids is 1. The Bertz CT molecular complexity index is 659. The van der Waals surface area contributed by atoms with E-state index < -0.39 is 0 Å². The zero-order valence-electron chi connectivity index (χ0n) is 14.1. The molecular weight excluding hydrogens is 307 g/mol. The molecule has 0 aromatic heterocycles. The molecule has 2 amide bonds. The van der Waals surface area contributed by atoms with Gasteiger partial charge in [0.2, 0.25) is 0 Å². The first-order valence-corrected chi connectivity index (χ1v) is 7.97. The summed E-state index contributed by atoms with van der Waals surface area (Å²) < 4.78 is 18.5. The molecule has 0 bridgehead atoms. The lowest BCUT2D eigenvalue weighted by Gasteiger charge is -2.18. The molecule has 5 heteroatoms. The van der Waals surface area contributed by atoms with Gasteiger partial charge < -0.3 is 15.0 Å². The highest BCUT2D eigenvalue weighted by molar-refractivity contribution is 5.73. The zero-order chi connectivity index (χ0) is 17.4. The molecule has 0 radical (unpaired) electrons. The molecule has 0 aliphatic rings. The van der Waals surface area contributed by atoms with Gasteiger partial charge in [0.15, 0.2) is 0 Å². The van der Waals surface area contributed by atoms with Crippen LogP contribution in [0.2, 0.25) is 0 Å². The van der Waals surface area contributed by atoms with Crippen LogP contribution in [-0.2, 0) is 24.4 Å². The van der Waals surface area contributed by atoms with Gasteiger partial charge in [-0.1, -0.05) is 36.4 Å². The van der Waals surface area contributed by atoms with Gasteiger partial charge in [-0.2, -0.15) is 0 Å². The molecular formula is C19H23FN2O2. The van der Waals surface area contributed by atoms with Crippen LogP contribution in [0.1, 0.15) is 23.6 Å². The van der Waals surface area contributed by atoms with E-state index in [1.54, 1.807) is 19.2 Å². The molecule has 2 aromatic rings. The van der Waals surface area contributed by atoms with Crippen LogP contribution < -0.4 is 5.32 Å². The number of ether oxygens (including phenoxy) is 1. The van der Waals surface area contributed by atoms with E-state index in [2.05, 4.69) is 5.32 Å². The lowest BCUT2D eigenvalue weighted by molar-refractivity contribution is 0.134. The van der Waals surface area contributed by atoms with E-state index in [4.69, 9.17) is 4.74 Å². The summed E-state index contributed by atoms with van der Waals surface area (Å²) in [6, 6.07) is 14.0. The third kappa shape index (κ3) is 5.66. The highest BCUT2D eigenvalue weighted by atomic mass is 19.1. The maximum atomic E-state index is 13.2. The number of nitrogens with one attached hydrogen (secondary N) is 1. The Balaban J connectivity index is 1.81. The molecule has 0 aliphatic carbocycles. The highest BCUT2D eigenvalue weighted by Crippen LogP contribution is 2.08. The van der Waals surface area contributed by atoms with Gasteiger partial charge in [0.25, 0.3) is 0 Å². The molecule has 2 aromatic carbocycles. The van der Waals surface area contributed by atoms with E-state index in [9.17, 15) is 9.18 Å². The fourth-order valence-electron chi connectivity index (χ4n) is 2.27. The van der Waals surface area contributed by atoms with Crippen LogP contribution in [0.4, 0.5) is 9.18 Å². The van der Waals surface area contributed by atoms with Crippen molar-refractivity contribution >= 4 is 6.03 Å². The Morgan fingerprint density at radius 2 is 1.83 bits per heavy atom. The third-order valence-corrected chi connectivity index (χ3v) is 3.60. The van der Waals surface area contributed by atoms with Gasteiger partial charge in [0, 0.05) is 26.7 Å². The summed E-state index contributed by atoms with van der Waals surface area (Å²) in [5.74, 6) is -0.298. The number of benzene rings is 2. The lowest BCUT2D eigenvalue weighted by atomic mass is 10.1. The van der Waals surface area contributed by atoms with Crippen LogP contribution in [0.5, 0.6) is 0 Å². The van der Waals surface area contributed by atoms with Crippen LogP contribution in [0.15, 0.2) is 48.5 Å². The second kappa shape index (κ2) is 9.03. The smallest absolute Gasteiger partial charge is 0.317 e. The average Bonchev–Trinajstić information content (AvgIpc) is 2.58. The summed E-state index contributed by atoms with van der Waals surface area (Å²) in [5.41, 5.74) is 2.88. The predicted molar refractivity (Wildman–Crippen MR) is 91.9 cm³/mol.